The van der Waals surface area contributed by atoms with Crippen molar-refractivity contribution in [3.05, 3.63) is 47.5 Å². The summed E-state index contributed by atoms with van der Waals surface area (Å²) in [6.07, 6.45) is 4.88. The van der Waals surface area contributed by atoms with Crippen LogP contribution in [0.1, 0.15) is 59.4 Å². The number of rotatable bonds is 3. The van der Waals surface area contributed by atoms with E-state index in [1.807, 2.05) is 39.8 Å². The summed E-state index contributed by atoms with van der Waals surface area (Å²) < 4.78 is 1.98. The second-order valence-corrected chi connectivity index (χ2v) is 7.63. The molecule has 0 aliphatic carbocycles. The van der Waals surface area contributed by atoms with Crippen LogP contribution in [0.5, 0.6) is 0 Å². The van der Waals surface area contributed by atoms with Crippen molar-refractivity contribution in [1.29, 1.82) is 0 Å². The fraction of sp³-hybridized carbons (Fsp3) is 0.476. The Kier molecular flexibility index (Phi) is 4.97. The van der Waals surface area contributed by atoms with Crippen LogP contribution in [-0.2, 0) is 13.0 Å². The third kappa shape index (κ3) is 3.61. The van der Waals surface area contributed by atoms with Gasteiger partial charge < -0.3 is 14.8 Å². The van der Waals surface area contributed by atoms with Crippen molar-refractivity contribution in [2.45, 2.75) is 45.6 Å². The summed E-state index contributed by atoms with van der Waals surface area (Å²) in [6.45, 7) is 4.53. The molecule has 0 spiro atoms. The molecule has 142 valence electrons. The van der Waals surface area contributed by atoms with Crippen LogP contribution in [0.25, 0.3) is 0 Å². The van der Waals surface area contributed by atoms with Gasteiger partial charge in [0.1, 0.15) is 0 Å². The maximum atomic E-state index is 13.1. The average molecular weight is 366 g/mol. The molecule has 1 N–H and O–H groups in total. The maximum absolute atomic E-state index is 13.1. The Hall–Kier alpha value is -2.63. The Labute approximate surface area is 159 Å². The minimum absolute atomic E-state index is 0.0381. The maximum Gasteiger partial charge on any atom is 0.289 e. The van der Waals surface area contributed by atoms with Crippen LogP contribution >= 0.6 is 0 Å². The van der Waals surface area contributed by atoms with E-state index in [1.54, 1.807) is 0 Å². The van der Waals surface area contributed by atoms with Gasteiger partial charge in [-0.1, -0.05) is 25.1 Å². The lowest BCUT2D eigenvalue weighted by Gasteiger charge is -2.30. The molecule has 2 aliphatic heterocycles. The quantitative estimate of drug-likeness (QED) is 0.906. The lowest BCUT2D eigenvalue weighted by atomic mass is 9.99. The number of imidazole rings is 1. The van der Waals surface area contributed by atoms with Crippen molar-refractivity contribution < 1.29 is 9.59 Å². The first-order chi connectivity index (χ1) is 13.1. The van der Waals surface area contributed by atoms with E-state index in [-0.39, 0.29) is 11.8 Å². The number of nitrogens with one attached hydrogen (secondary N) is 1. The molecule has 27 heavy (non-hydrogen) atoms. The average Bonchev–Trinajstić information content (AvgIpc) is 3.09. The predicted molar refractivity (Wildman–Crippen MR) is 104 cm³/mol. The topological polar surface area (TPSA) is 67.2 Å². The molecular formula is C21H26N4O2. The second-order valence-electron chi connectivity index (χ2n) is 7.63. The minimum Gasteiger partial charge on any atom is -0.336 e. The molecule has 3 heterocycles. The normalized spacial score (nSPS) is 17.4. The van der Waals surface area contributed by atoms with Gasteiger partial charge in [0.2, 0.25) is 0 Å². The van der Waals surface area contributed by atoms with Crippen molar-refractivity contribution in [3.63, 3.8) is 0 Å². The molecule has 1 aromatic carbocycles. The lowest BCUT2D eigenvalue weighted by molar-refractivity contribution is 0.0678. The van der Waals surface area contributed by atoms with Gasteiger partial charge in [-0.05, 0) is 50.2 Å². The fourth-order valence-electron chi connectivity index (χ4n) is 3.95. The number of benzene rings is 1. The molecule has 0 atom stereocenters. The van der Waals surface area contributed by atoms with Crippen molar-refractivity contribution >= 4 is 17.5 Å². The number of aromatic nitrogens is 2. The third-order valence-electron chi connectivity index (χ3n) is 5.63. The number of hydrogen-bond donors (Lipinski definition) is 1. The highest BCUT2D eigenvalue weighted by Gasteiger charge is 2.31. The number of hydrogen-bond acceptors (Lipinski definition) is 3. The number of amides is 2. The number of para-hydroxylation sites is 1. The SMILES string of the molecule is CC1CCN(C(=O)c2nc(C(=O)Nc3ccccc3)c3n2CCCC3)CC1. The monoisotopic (exact) mass is 366 g/mol. The van der Waals surface area contributed by atoms with Crippen molar-refractivity contribution in [3.8, 4) is 0 Å². The Morgan fingerprint density at radius 2 is 1.81 bits per heavy atom. The number of carbonyl (C=O) groups is 2. The van der Waals surface area contributed by atoms with Gasteiger partial charge in [-0.2, -0.15) is 0 Å². The molecule has 1 saturated heterocycles. The summed E-state index contributed by atoms with van der Waals surface area (Å²) in [7, 11) is 0. The standard InChI is InChI=1S/C21H26N4O2/c1-15-10-13-24(14-11-15)21(27)19-23-18(17-9-5-6-12-25(17)19)20(26)22-16-7-3-2-4-8-16/h2-4,7-8,15H,5-6,9-14H2,1H3,(H,22,26). The van der Waals surface area contributed by atoms with E-state index in [0.29, 0.717) is 17.4 Å². The summed E-state index contributed by atoms with van der Waals surface area (Å²) in [5, 5.41) is 2.91. The molecule has 0 saturated carbocycles. The Morgan fingerprint density at radius 3 is 2.56 bits per heavy atom. The van der Waals surface area contributed by atoms with Gasteiger partial charge in [0.25, 0.3) is 11.8 Å². The van der Waals surface area contributed by atoms with Crippen LogP contribution in [0.4, 0.5) is 5.69 Å². The van der Waals surface area contributed by atoms with Gasteiger partial charge in [-0.25, -0.2) is 4.98 Å². The number of carbonyl (C=O) groups excluding carboxylic acids is 2. The number of likely N-dealkylation sites (tertiary alicyclic amines) is 1. The summed E-state index contributed by atoms with van der Waals surface area (Å²) in [6, 6.07) is 9.36. The largest absolute Gasteiger partial charge is 0.336 e. The van der Waals surface area contributed by atoms with Crippen LogP contribution in [0.3, 0.4) is 0 Å². The summed E-state index contributed by atoms with van der Waals surface area (Å²) >= 11 is 0. The molecule has 0 radical (unpaired) electrons. The summed E-state index contributed by atoms with van der Waals surface area (Å²) in [4.78, 5) is 32.3. The van der Waals surface area contributed by atoms with E-state index in [1.165, 1.54) is 0 Å². The van der Waals surface area contributed by atoms with Gasteiger partial charge in [-0.15, -0.1) is 0 Å². The van der Waals surface area contributed by atoms with E-state index in [2.05, 4.69) is 17.2 Å². The number of nitrogens with zero attached hydrogens (tertiary/aromatic N) is 3. The van der Waals surface area contributed by atoms with Gasteiger partial charge in [-0.3, -0.25) is 9.59 Å². The number of piperidine rings is 1. The highest BCUT2D eigenvalue weighted by Crippen LogP contribution is 2.24. The minimum atomic E-state index is -0.238. The highest BCUT2D eigenvalue weighted by atomic mass is 16.2. The Bertz CT molecular complexity index is 835. The van der Waals surface area contributed by atoms with E-state index in [0.717, 1.165) is 63.1 Å². The fourth-order valence-corrected chi connectivity index (χ4v) is 3.95. The van der Waals surface area contributed by atoms with E-state index >= 15 is 0 Å². The van der Waals surface area contributed by atoms with Gasteiger partial charge in [0.05, 0.1) is 5.69 Å². The first kappa shape index (κ1) is 17.8. The number of fused-ring (bicyclic) bond motifs is 1. The van der Waals surface area contributed by atoms with Gasteiger partial charge in [0, 0.05) is 25.3 Å². The van der Waals surface area contributed by atoms with Crippen molar-refractivity contribution in [2.24, 2.45) is 5.92 Å². The number of anilines is 1. The van der Waals surface area contributed by atoms with E-state index in [9.17, 15) is 9.59 Å². The second kappa shape index (κ2) is 7.55. The first-order valence-electron chi connectivity index (χ1n) is 9.88. The molecule has 2 aromatic rings. The van der Waals surface area contributed by atoms with E-state index < -0.39 is 0 Å². The van der Waals surface area contributed by atoms with Crippen LogP contribution < -0.4 is 5.32 Å². The molecule has 6 heteroatoms. The van der Waals surface area contributed by atoms with Crippen LogP contribution in [0.15, 0.2) is 30.3 Å². The molecule has 2 amide bonds. The Balaban J connectivity index is 1.61. The summed E-state index contributed by atoms with van der Waals surface area (Å²) in [5.74, 6) is 0.815. The molecule has 1 aromatic heterocycles. The summed E-state index contributed by atoms with van der Waals surface area (Å²) in [5.41, 5.74) is 2.02. The van der Waals surface area contributed by atoms with Crippen LogP contribution in [-0.4, -0.2) is 39.4 Å². The van der Waals surface area contributed by atoms with E-state index in [4.69, 9.17) is 0 Å². The zero-order valence-electron chi connectivity index (χ0n) is 15.8. The van der Waals surface area contributed by atoms with Gasteiger partial charge in [0.15, 0.2) is 11.5 Å². The van der Waals surface area contributed by atoms with Crippen LogP contribution in [0, 0.1) is 5.92 Å². The lowest BCUT2D eigenvalue weighted by Crippen LogP contribution is -2.39. The third-order valence-corrected chi connectivity index (χ3v) is 5.63. The van der Waals surface area contributed by atoms with Crippen LogP contribution in [0.2, 0.25) is 0 Å². The molecule has 4 rings (SSSR count). The first-order valence-corrected chi connectivity index (χ1v) is 9.88. The molecule has 0 bridgehead atoms. The van der Waals surface area contributed by atoms with Crippen molar-refractivity contribution in [1.82, 2.24) is 14.5 Å². The zero-order valence-corrected chi connectivity index (χ0v) is 15.8. The predicted octanol–water partition coefficient (Wildman–Crippen LogP) is 3.34. The van der Waals surface area contributed by atoms with Gasteiger partial charge >= 0.3 is 0 Å². The van der Waals surface area contributed by atoms with Crippen molar-refractivity contribution in [2.75, 3.05) is 18.4 Å². The zero-order chi connectivity index (χ0) is 18.8. The molecular weight excluding hydrogens is 340 g/mol. The Morgan fingerprint density at radius 1 is 1.07 bits per heavy atom. The molecule has 0 unspecified atom stereocenters. The highest BCUT2D eigenvalue weighted by molar-refractivity contribution is 6.05. The smallest absolute Gasteiger partial charge is 0.289 e. The molecule has 2 aliphatic rings. The molecule has 1 fully saturated rings. The molecule has 6 nitrogen and oxygen atoms in total.